The quantitative estimate of drug-likeness (QED) is 0.538. The minimum absolute atomic E-state index is 0.0791. The van der Waals surface area contributed by atoms with E-state index in [-0.39, 0.29) is 13.2 Å². The Balaban J connectivity index is 2.71. The molecule has 0 radical (unpaired) electrons. The van der Waals surface area contributed by atoms with Crippen LogP contribution >= 0.6 is 0 Å². The highest BCUT2D eigenvalue weighted by Gasteiger charge is 2.21. The number of aliphatic carboxylic acids is 1. The topological polar surface area (TPSA) is 96.2 Å². The maximum Gasteiger partial charge on any atom is 0.327 e. The molecule has 0 heterocycles. The molecule has 0 aromatic heterocycles. The van der Waals surface area contributed by atoms with Crippen molar-refractivity contribution in [2.45, 2.75) is 32.0 Å². The van der Waals surface area contributed by atoms with Gasteiger partial charge in [-0.3, -0.25) is 0 Å². The molecule has 2 atom stereocenters. The average molecular weight is 324 g/mol. The molecule has 0 saturated carbocycles. The van der Waals surface area contributed by atoms with E-state index >= 15 is 0 Å². The molecule has 128 valence electrons. The molecule has 0 aliphatic rings. The molecule has 3 N–H and O–H groups in total. The van der Waals surface area contributed by atoms with E-state index in [9.17, 15) is 9.90 Å². The summed E-state index contributed by atoms with van der Waals surface area (Å²) in [5.41, 5.74) is 0.654. The van der Waals surface area contributed by atoms with Gasteiger partial charge in [-0.2, -0.15) is 0 Å². The van der Waals surface area contributed by atoms with Crippen LogP contribution < -0.4 is 4.74 Å². The smallest absolute Gasteiger partial charge is 0.327 e. The van der Waals surface area contributed by atoms with Crippen molar-refractivity contribution in [1.82, 2.24) is 0 Å². The van der Waals surface area contributed by atoms with E-state index in [4.69, 9.17) is 19.7 Å². The Morgan fingerprint density at radius 1 is 1.39 bits per heavy atom. The van der Waals surface area contributed by atoms with Crippen molar-refractivity contribution in [3.63, 3.8) is 0 Å². The third-order valence-electron chi connectivity index (χ3n) is 3.17. The molecular formula is C17H24O6. The fourth-order valence-electron chi connectivity index (χ4n) is 2.16. The lowest BCUT2D eigenvalue weighted by Gasteiger charge is -2.23. The summed E-state index contributed by atoms with van der Waals surface area (Å²) < 4.78 is 10.9. The van der Waals surface area contributed by atoms with Gasteiger partial charge in [0.2, 0.25) is 0 Å². The number of carboxylic acid groups (broad SMARTS) is 1. The third kappa shape index (κ3) is 7.27. The Bertz CT molecular complexity index is 500. The second-order valence-electron chi connectivity index (χ2n) is 4.90. The first-order valence-corrected chi connectivity index (χ1v) is 7.61. The molecule has 0 aliphatic heterocycles. The van der Waals surface area contributed by atoms with E-state index < -0.39 is 18.2 Å². The first kappa shape index (κ1) is 19.2. The summed E-state index contributed by atoms with van der Waals surface area (Å²) in [6.45, 7) is 2.40. The minimum Gasteiger partial charge on any atom is -0.491 e. The predicted octanol–water partition coefficient (Wildman–Crippen LogP) is 1.92. The number of benzene rings is 1. The number of carboxylic acids is 1. The van der Waals surface area contributed by atoms with Crippen LogP contribution in [-0.2, 0) is 9.53 Å². The molecule has 23 heavy (non-hydrogen) atoms. The van der Waals surface area contributed by atoms with Gasteiger partial charge in [-0.15, -0.1) is 0 Å². The lowest BCUT2D eigenvalue weighted by atomic mass is 10.00. The van der Waals surface area contributed by atoms with Crippen LogP contribution in [0, 0.1) is 0 Å². The van der Waals surface area contributed by atoms with Crippen molar-refractivity contribution >= 4 is 5.97 Å². The van der Waals surface area contributed by atoms with Crippen molar-refractivity contribution in [1.29, 1.82) is 0 Å². The van der Waals surface area contributed by atoms with E-state index in [0.29, 0.717) is 30.8 Å². The molecule has 1 aromatic carbocycles. The van der Waals surface area contributed by atoms with Crippen molar-refractivity contribution < 1.29 is 29.6 Å². The highest BCUT2D eigenvalue weighted by Crippen LogP contribution is 2.26. The molecule has 1 aromatic rings. The minimum atomic E-state index is -0.993. The standard InChI is InChI=1S/C17H24O6/c1-2-22-15(8-3-4-9-16(19)20)17(21)13-6-5-7-14(12-13)23-11-10-18/h4-7,9,12,15,17-18,21H,2-3,8,10-11H2,1H3,(H,19,20)/b9-4+/t15-,17-/m0/s1. The van der Waals surface area contributed by atoms with E-state index in [1.807, 2.05) is 6.92 Å². The highest BCUT2D eigenvalue weighted by molar-refractivity contribution is 5.79. The van der Waals surface area contributed by atoms with Crippen LogP contribution in [0.3, 0.4) is 0 Å². The molecule has 0 unspecified atom stereocenters. The first-order chi connectivity index (χ1) is 11.1. The maximum atomic E-state index is 10.5. The zero-order valence-corrected chi connectivity index (χ0v) is 13.2. The van der Waals surface area contributed by atoms with Crippen molar-refractivity contribution in [2.24, 2.45) is 0 Å². The summed E-state index contributed by atoms with van der Waals surface area (Å²) in [6, 6.07) is 6.99. The van der Waals surface area contributed by atoms with E-state index in [2.05, 4.69) is 0 Å². The number of ether oxygens (including phenoxy) is 2. The van der Waals surface area contributed by atoms with Gasteiger partial charge in [-0.05, 0) is 37.5 Å². The molecule has 6 heteroatoms. The van der Waals surface area contributed by atoms with Crippen LogP contribution in [-0.4, -0.2) is 47.2 Å². The summed E-state index contributed by atoms with van der Waals surface area (Å²) in [7, 11) is 0. The number of rotatable bonds is 11. The van der Waals surface area contributed by atoms with E-state index in [1.54, 1.807) is 30.3 Å². The zero-order chi connectivity index (χ0) is 17.1. The largest absolute Gasteiger partial charge is 0.491 e. The van der Waals surface area contributed by atoms with Gasteiger partial charge in [0.1, 0.15) is 18.5 Å². The Hall–Kier alpha value is -1.89. The summed E-state index contributed by atoms with van der Waals surface area (Å²) in [6.07, 6.45) is 2.34. The molecule has 0 aliphatic carbocycles. The number of carbonyl (C=O) groups is 1. The first-order valence-electron chi connectivity index (χ1n) is 7.61. The number of hydrogen-bond donors (Lipinski definition) is 3. The molecular weight excluding hydrogens is 300 g/mol. The third-order valence-corrected chi connectivity index (χ3v) is 3.17. The number of allylic oxidation sites excluding steroid dienone is 1. The fraction of sp³-hybridized carbons (Fsp3) is 0.471. The van der Waals surface area contributed by atoms with Crippen molar-refractivity contribution in [3.05, 3.63) is 42.0 Å². The summed E-state index contributed by atoms with van der Waals surface area (Å²) in [5, 5.41) is 27.9. The Labute approximate surface area is 136 Å². The monoisotopic (exact) mass is 324 g/mol. The average Bonchev–Trinajstić information content (AvgIpc) is 2.55. The van der Waals surface area contributed by atoms with Gasteiger partial charge in [0.25, 0.3) is 0 Å². The van der Waals surface area contributed by atoms with Gasteiger partial charge in [0.15, 0.2) is 0 Å². The SMILES string of the molecule is CCO[C@@H](CC/C=C/C(=O)O)[C@@H](O)c1cccc(OCCO)c1. The van der Waals surface area contributed by atoms with Crippen LogP contribution in [0.1, 0.15) is 31.4 Å². The molecule has 0 amide bonds. The van der Waals surface area contributed by atoms with Crippen LogP contribution in [0.15, 0.2) is 36.4 Å². The fourth-order valence-corrected chi connectivity index (χ4v) is 2.16. The van der Waals surface area contributed by atoms with Crippen molar-refractivity contribution in [2.75, 3.05) is 19.8 Å². The van der Waals surface area contributed by atoms with E-state index in [0.717, 1.165) is 6.08 Å². The molecule has 0 bridgehead atoms. The van der Waals surface area contributed by atoms with Crippen LogP contribution in [0.5, 0.6) is 5.75 Å². The molecule has 1 rings (SSSR count). The van der Waals surface area contributed by atoms with Gasteiger partial charge in [-0.25, -0.2) is 4.79 Å². The highest BCUT2D eigenvalue weighted by atomic mass is 16.5. The Morgan fingerprint density at radius 3 is 2.83 bits per heavy atom. The summed E-state index contributed by atoms with van der Waals surface area (Å²) >= 11 is 0. The summed E-state index contributed by atoms with van der Waals surface area (Å²) in [4.78, 5) is 10.4. The van der Waals surface area contributed by atoms with Crippen LogP contribution in [0.4, 0.5) is 0 Å². The lowest BCUT2D eigenvalue weighted by molar-refractivity contribution is -0.131. The maximum absolute atomic E-state index is 10.5. The van der Waals surface area contributed by atoms with Crippen molar-refractivity contribution in [3.8, 4) is 5.75 Å². The molecule has 0 saturated heterocycles. The van der Waals surface area contributed by atoms with Gasteiger partial charge in [0, 0.05) is 12.7 Å². The predicted molar refractivity (Wildman–Crippen MR) is 85.4 cm³/mol. The lowest BCUT2D eigenvalue weighted by Crippen LogP contribution is -2.22. The zero-order valence-electron chi connectivity index (χ0n) is 13.2. The summed E-state index contributed by atoms with van der Waals surface area (Å²) in [5.74, 6) is -0.427. The molecule has 0 fully saturated rings. The van der Waals surface area contributed by atoms with Gasteiger partial charge < -0.3 is 24.8 Å². The van der Waals surface area contributed by atoms with E-state index in [1.165, 1.54) is 0 Å². The normalized spacial score (nSPS) is 13.9. The number of hydrogen-bond acceptors (Lipinski definition) is 5. The van der Waals surface area contributed by atoms with Crippen LogP contribution in [0.25, 0.3) is 0 Å². The second-order valence-corrected chi connectivity index (χ2v) is 4.90. The molecule has 0 spiro atoms. The number of aliphatic hydroxyl groups is 2. The Kier molecular flexibility index (Phi) is 8.97. The molecule has 6 nitrogen and oxygen atoms in total. The number of aliphatic hydroxyl groups excluding tert-OH is 2. The van der Waals surface area contributed by atoms with Gasteiger partial charge in [0.05, 0.1) is 12.7 Å². The second kappa shape index (κ2) is 10.8. The van der Waals surface area contributed by atoms with Crippen LogP contribution in [0.2, 0.25) is 0 Å². The van der Waals surface area contributed by atoms with Gasteiger partial charge >= 0.3 is 5.97 Å². The van der Waals surface area contributed by atoms with Gasteiger partial charge in [-0.1, -0.05) is 18.2 Å². The Morgan fingerprint density at radius 2 is 2.17 bits per heavy atom.